The second kappa shape index (κ2) is 6.72. The molecular weight excluding hydrogens is 343 g/mol. The molecule has 18 heavy (non-hydrogen) atoms. The Bertz CT molecular complexity index is 446. The third-order valence-electron chi connectivity index (χ3n) is 2.28. The third kappa shape index (κ3) is 4.29. The number of hydrogen-bond acceptors (Lipinski definition) is 2. The Labute approximate surface area is 121 Å². The number of likely N-dealkylation sites (N-methyl/N-ethyl adjacent to an activating group) is 1. The maximum absolute atomic E-state index is 12.1. The highest BCUT2D eigenvalue weighted by atomic mass is 127. The zero-order valence-corrected chi connectivity index (χ0v) is 12.9. The van der Waals surface area contributed by atoms with Crippen LogP contribution in [0.2, 0.25) is 0 Å². The predicted molar refractivity (Wildman–Crippen MR) is 79.4 cm³/mol. The molecule has 0 saturated heterocycles. The molecule has 0 aliphatic rings. The molecule has 0 unspecified atom stereocenters. The first-order valence-electron chi connectivity index (χ1n) is 5.71. The highest BCUT2D eigenvalue weighted by Gasteiger charge is 2.16. The minimum Gasteiger partial charge on any atom is -0.352 e. The van der Waals surface area contributed by atoms with Crippen molar-refractivity contribution in [2.45, 2.75) is 19.9 Å². The van der Waals surface area contributed by atoms with E-state index in [4.69, 9.17) is 0 Å². The number of hydrogen-bond donors (Lipinski definition) is 1. The van der Waals surface area contributed by atoms with Crippen molar-refractivity contribution in [3.8, 4) is 0 Å². The van der Waals surface area contributed by atoms with Crippen LogP contribution in [0.4, 0.5) is 0 Å². The predicted octanol–water partition coefficient (Wildman–Crippen LogP) is 1.89. The van der Waals surface area contributed by atoms with Gasteiger partial charge in [0.15, 0.2) is 0 Å². The van der Waals surface area contributed by atoms with E-state index in [2.05, 4.69) is 27.9 Å². The van der Waals surface area contributed by atoms with Crippen molar-refractivity contribution in [1.29, 1.82) is 0 Å². The molecule has 0 heterocycles. The molecule has 0 radical (unpaired) electrons. The molecular formula is C13H17IN2O2. The van der Waals surface area contributed by atoms with Crippen LogP contribution in [-0.4, -0.2) is 36.3 Å². The van der Waals surface area contributed by atoms with Crippen LogP contribution in [0.3, 0.4) is 0 Å². The Balaban J connectivity index is 2.68. The van der Waals surface area contributed by atoms with Crippen molar-refractivity contribution in [1.82, 2.24) is 10.2 Å². The Morgan fingerprint density at radius 3 is 2.50 bits per heavy atom. The minimum atomic E-state index is -0.146. The van der Waals surface area contributed by atoms with Crippen molar-refractivity contribution in [2.24, 2.45) is 0 Å². The lowest BCUT2D eigenvalue weighted by Gasteiger charge is -2.18. The smallest absolute Gasteiger partial charge is 0.255 e. The quantitative estimate of drug-likeness (QED) is 0.834. The van der Waals surface area contributed by atoms with E-state index in [1.54, 1.807) is 13.1 Å². The summed E-state index contributed by atoms with van der Waals surface area (Å²) in [5.74, 6) is -0.286. The van der Waals surface area contributed by atoms with Crippen LogP contribution in [0, 0.1) is 3.57 Å². The van der Waals surface area contributed by atoms with Gasteiger partial charge in [0.05, 0.1) is 12.1 Å². The van der Waals surface area contributed by atoms with E-state index >= 15 is 0 Å². The maximum atomic E-state index is 12.1. The number of amides is 2. The van der Waals surface area contributed by atoms with Gasteiger partial charge in [-0.1, -0.05) is 12.1 Å². The minimum absolute atomic E-state index is 0.0714. The van der Waals surface area contributed by atoms with E-state index in [-0.39, 0.29) is 24.4 Å². The molecule has 1 N–H and O–H groups in total. The fraction of sp³-hybridized carbons (Fsp3) is 0.385. The molecule has 4 nitrogen and oxygen atoms in total. The largest absolute Gasteiger partial charge is 0.352 e. The second-order valence-corrected chi connectivity index (χ2v) is 5.53. The summed E-state index contributed by atoms with van der Waals surface area (Å²) < 4.78 is 0.885. The van der Waals surface area contributed by atoms with E-state index in [0.29, 0.717) is 5.56 Å². The molecule has 0 atom stereocenters. The van der Waals surface area contributed by atoms with Gasteiger partial charge in [-0.05, 0) is 48.6 Å². The standard InChI is InChI=1S/C13H17IN2O2/c1-9(2)15-12(17)8-16(3)13(18)10-6-4-5-7-11(10)14/h4-7,9H,8H2,1-3H3,(H,15,17). The lowest BCUT2D eigenvalue weighted by Crippen LogP contribution is -2.41. The van der Waals surface area contributed by atoms with Gasteiger partial charge in [0.25, 0.3) is 5.91 Å². The summed E-state index contributed by atoms with van der Waals surface area (Å²) in [6.45, 7) is 3.85. The number of nitrogens with zero attached hydrogens (tertiary/aromatic N) is 1. The summed E-state index contributed by atoms with van der Waals surface area (Å²) in [7, 11) is 1.63. The van der Waals surface area contributed by atoms with Crippen molar-refractivity contribution < 1.29 is 9.59 Å². The van der Waals surface area contributed by atoms with Crippen LogP contribution in [0.15, 0.2) is 24.3 Å². The number of carbonyl (C=O) groups excluding carboxylic acids is 2. The first-order chi connectivity index (χ1) is 8.41. The maximum Gasteiger partial charge on any atom is 0.255 e. The summed E-state index contributed by atoms with van der Waals surface area (Å²) in [6, 6.07) is 7.41. The lowest BCUT2D eigenvalue weighted by atomic mass is 10.2. The first-order valence-corrected chi connectivity index (χ1v) is 6.79. The molecule has 1 aromatic carbocycles. The van der Waals surface area contributed by atoms with Gasteiger partial charge >= 0.3 is 0 Å². The molecule has 0 aliphatic heterocycles. The average molecular weight is 360 g/mol. The molecule has 0 bridgehead atoms. The van der Waals surface area contributed by atoms with Gasteiger partial charge in [0, 0.05) is 16.7 Å². The number of nitrogens with one attached hydrogen (secondary N) is 1. The monoisotopic (exact) mass is 360 g/mol. The van der Waals surface area contributed by atoms with Gasteiger partial charge < -0.3 is 10.2 Å². The van der Waals surface area contributed by atoms with Crippen molar-refractivity contribution in [3.05, 3.63) is 33.4 Å². The summed E-state index contributed by atoms with van der Waals surface area (Å²) in [5, 5.41) is 2.76. The van der Waals surface area contributed by atoms with Crippen molar-refractivity contribution >= 4 is 34.4 Å². The zero-order chi connectivity index (χ0) is 13.7. The Morgan fingerprint density at radius 2 is 1.94 bits per heavy atom. The van der Waals surface area contributed by atoms with Crippen molar-refractivity contribution in [2.75, 3.05) is 13.6 Å². The molecule has 2 amide bonds. The number of carbonyl (C=O) groups is 2. The number of benzene rings is 1. The first kappa shape index (κ1) is 14.9. The summed E-state index contributed by atoms with van der Waals surface area (Å²) in [4.78, 5) is 25.1. The topological polar surface area (TPSA) is 49.4 Å². The molecule has 0 fully saturated rings. The molecule has 0 spiro atoms. The average Bonchev–Trinajstić information content (AvgIpc) is 2.27. The number of rotatable bonds is 4. The van der Waals surface area contributed by atoms with Crippen molar-refractivity contribution in [3.63, 3.8) is 0 Å². The Morgan fingerprint density at radius 1 is 1.33 bits per heavy atom. The number of halogens is 1. The molecule has 98 valence electrons. The lowest BCUT2D eigenvalue weighted by molar-refractivity contribution is -0.122. The molecule has 0 aliphatic carbocycles. The summed E-state index contributed by atoms with van der Waals surface area (Å²) >= 11 is 2.11. The molecule has 1 rings (SSSR count). The molecule has 0 aromatic heterocycles. The van der Waals surface area contributed by atoms with E-state index in [9.17, 15) is 9.59 Å². The van der Waals surface area contributed by atoms with Crippen LogP contribution in [-0.2, 0) is 4.79 Å². The fourth-order valence-corrected chi connectivity index (χ4v) is 2.11. The third-order valence-corrected chi connectivity index (χ3v) is 3.22. The summed E-state index contributed by atoms with van der Waals surface area (Å²) in [5.41, 5.74) is 0.623. The van der Waals surface area contributed by atoms with Crippen LogP contribution in [0.5, 0.6) is 0 Å². The van der Waals surface area contributed by atoms with Crippen LogP contribution in [0.25, 0.3) is 0 Å². The van der Waals surface area contributed by atoms with Gasteiger partial charge in [0.1, 0.15) is 0 Å². The second-order valence-electron chi connectivity index (χ2n) is 4.36. The van der Waals surface area contributed by atoms with Gasteiger partial charge in [0.2, 0.25) is 5.91 Å². The van der Waals surface area contributed by atoms with E-state index in [1.807, 2.05) is 32.0 Å². The Kier molecular flexibility index (Phi) is 5.58. The van der Waals surface area contributed by atoms with Gasteiger partial charge in [-0.15, -0.1) is 0 Å². The zero-order valence-electron chi connectivity index (χ0n) is 10.7. The molecule has 0 saturated carbocycles. The van der Waals surface area contributed by atoms with Gasteiger partial charge in [-0.3, -0.25) is 9.59 Å². The van der Waals surface area contributed by atoms with E-state index < -0.39 is 0 Å². The van der Waals surface area contributed by atoms with Gasteiger partial charge in [-0.2, -0.15) is 0 Å². The van der Waals surface area contributed by atoms with Crippen LogP contribution in [0.1, 0.15) is 24.2 Å². The highest BCUT2D eigenvalue weighted by molar-refractivity contribution is 14.1. The normalized spacial score (nSPS) is 10.3. The summed E-state index contributed by atoms with van der Waals surface area (Å²) in [6.07, 6.45) is 0. The van der Waals surface area contributed by atoms with Gasteiger partial charge in [-0.25, -0.2) is 0 Å². The van der Waals surface area contributed by atoms with Crippen LogP contribution >= 0.6 is 22.6 Å². The van der Waals surface area contributed by atoms with Crippen LogP contribution < -0.4 is 5.32 Å². The van der Waals surface area contributed by atoms with E-state index in [1.165, 1.54) is 4.90 Å². The SMILES string of the molecule is CC(C)NC(=O)CN(C)C(=O)c1ccccc1I. The molecule has 5 heteroatoms. The highest BCUT2D eigenvalue weighted by Crippen LogP contribution is 2.13. The fourth-order valence-electron chi connectivity index (χ4n) is 1.50. The van der Waals surface area contributed by atoms with E-state index in [0.717, 1.165) is 3.57 Å². The molecule has 1 aromatic rings. The Hall–Kier alpha value is -1.11.